The van der Waals surface area contributed by atoms with Gasteiger partial charge in [0, 0.05) is 57.9 Å². The molecule has 2 aromatic heterocycles. The van der Waals surface area contributed by atoms with Gasteiger partial charge in [-0.3, -0.25) is 9.78 Å². The minimum atomic E-state index is -0.264. The summed E-state index contributed by atoms with van der Waals surface area (Å²) in [6.07, 6.45) is 1.55. The first-order valence-electron chi connectivity index (χ1n) is 10.2. The second-order valence-electron chi connectivity index (χ2n) is 7.72. The lowest BCUT2D eigenvalue weighted by molar-refractivity contribution is 0.0958. The van der Waals surface area contributed by atoms with Gasteiger partial charge in [0.25, 0.3) is 5.91 Å². The molecule has 0 fully saturated rings. The SMILES string of the molecule is CNC(=O)c1cc(Oc2ccc3c(c2)nc(Nc2ccc(C)c(N(C)C)c2)n3C)ccn1. The van der Waals surface area contributed by atoms with Crippen LogP contribution in [0.25, 0.3) is 11.0 Å². The highest BCUT2D eigenvalue weighted by Gasteiger charge is 2.12. The largest absolute Gasteiger partial charge is 0.457 e. The van der Waals surface area contributed by atoms with Crippen LogP contribution in [0.5, 0.6) is 11.5 Å². The van der Waals surface area contributed by atoms with Crippen LogP contribution in [0.4, 0.5) is 17.3 Å². The Labute approximate surface area is 186 Å². The molecule has 2 N–H and O–H groups in total. The van der Waals surface area contributed by atoms with Crippen molar-refractivity contribution in [3.8, 4) is 11.5 Å². The number of aryl methyl sites for hydroxylation is 2. The van der Waals surface area contributed by atoms with Gasteiger partial charge < -0.3 is 24.8 Å². The van der Waals surface area contributed by atoms with Gasteiger partial charge in [0.05, 0.1) is 11.0 Å². The smallest absolute Gasteiger partial charge is 0.269 e. The molecule has 0 atom stereocenters. The number of benzene rings is 2. The van der Waals surface area contributed by atoms with Gasteiger partial charge in [0.1, 0.15) is 17.2 Å². The van der Waals surface area contributed by atoms with Crippen LogP contribution in [-0.2, 0) is 7.05 Å². The van der Waals surface area contributed by atoms with E-state index in [4.69, 9.17) is 9.72 Å². The third-order valence-electron chi connectivity index (χ3n) is 5.23. The zero-order valence-corrected chi connectivity index (χ0v) is 18.8. The molecule has 0 aliphatic rings. The molecule has 1 amide bonds. The van der Waals surface area contributed by atoms with Crippen LogP contribution in [-0.4, -0.2) is 41.6 Å². The summed E-state index contributed by atoms with van der Waals surface area (Å²) in [7, 11) is 7.60. The van der Waals surface area contributed by atoms with Gasteiger partial charge in [-0.15, -0.1) is 0 Å². The number of rotatable bonds is 6. The van der Waals surface area contributed by atoms with Crippen molar-refractivity contribution in [1.29, 1.82) is 0 Å². The number of fused-ring (bicyclic) bond motifs is 1. The highest BCUT2D eigenvalue weighted by atomic mass is 16.5. The molecule has 0 spiro atoms. The Kier molecular flexibility index (Phi) is 5.68. The third kappa shape index (κ3) is 4.20. The van der Waals surface area contributed by atoms with E-state index in [-0.39, 0.29) is 5.91 Å². The molecule has 0 unspecified atom stereocenters. The molecule has 0 aliphatic carbocycles. The molecule has 2 aromatic carbocycles. The number of pyridine rings is 1. The topological polar surface area (TPSA) is 84.3 Å². The van der Waals surface area contributed by atoms with Gasteiger partial charge in [-0.2, -0.15) is 0 Å². The van der Waals surface area contributed by atoms with Crippen LogP contribution >= 0.6 is 0 Å². The molecule has 0 radical (unpaired) electrons. The van der Waals surface area contributed by atoms with Crippen molar-refractivity contribution >= 4 is 34.3 Å². The van der Waals surface area contributed by atoms with Crippen LogP contribution in [0.1, 0.15) is 16.1 Å². The summed E-state index contributed by atoms with van der Waals surface area (Å²) in [6, 6.07) is 15.3. The van der Waals surface area contributed by atoms with Crippen LogP contribution < -0.4 is 20.3 Å². The number of carbonyl (C=O) groups is 1. The molecular weight excluding hydrogens is 404 g/mol. The second-order valence-corrected chi connectivity index (χ2v) is 7.72. The quantitative estimate of drug-likeness (QED) is 0.476. The van der Waals surface area contributed by atoms with E-state index >= 15 is 0 Å². The van der Waals surface area contributed by atoms with E-state index in [0.29, 0.717) is 17.2 Å². The molecule has 164 valence electrons. The summed E-state index contributed by atoms with van der Waals surface area (Å²) >= 11 is 0. The molecule has 0 saturated heterocycles. The normalized spacial score (nSPS) is 10.8. The monoisotopic (exact) mass is 430 g/mol. The Morgan fingerprint density at radius 1 is 1.06 bits per heavy atom. The molecule has 0 bridgehead atoms. The van der Waals surface area contributed by atoms with Crippen molar-refractivity contribution in [2.75, 3.05) is 31.4 Å². The standard InChI is InChI=1S/C24H26N6O2/c1-15-6-7-16(12-22(15)29(3)4)27-24-28-19-13-17(8-9-21(19)30(24)5)32-18-10-11-26-20(14-18)23(31)25-2/h6-14H,1-5H3,(H,25,31)(H,27,28). The first kappa shape index (κ1) is 21.2. The van der Waals surface area contributed by atoms with E-state index in [1.807, 2.05) is 50.0 Å². The molecule has 8 nitrogen and oxygen atoms in total. The van der Waals surface area contributed by atoms with E-state index in [9.17, 15) is 4.79 Å². The third-order valence-corrected chi connectivity index (χ3v) is 5.23. The zero-order chi connectivity index (χ0) is 22.8. The summed E-state index contributed by atoms with van der Waals surface area (Å²) in [5, 5.41) is 5.97. The number of anilines is 3. The van der Waals surface area contributed by atoms with Crippen molar-refractivity contribution in [3.63, 3.8) is 0 Å². The van der Waals surface area contributed by atoms with Gasteiger partial charge in [0.2, 0.25) is 5.95 Å². The summed E-state index contributed by atoms with van der Waals surface area (Å²) in [4.78, 5) is 22.7. The number of hydrogen-bond acceptors (Lipinski definition) is 6. The summed E-state index contributed by atoms with van der Waals surface area (Å²) in [6.45, 7) is 2.09. The molecule has 4 aromatic rings. The lowest BCUT2D eigenvalue weighted by Gasteiger charge is -2.17. The van der Waals surface area contributed by atoms with Gasteiger partial charge in [-0.05, 0) is 42.8 Å². The highest BCUT2D eigenvalue weighted by molar-refractivity contribution is 5.92. The van der Waals surface area contributed by atoms with Crippen molar-refractivity contribution in [1.82, 2.24) is 19.9 Å². The van der Waals surface area contributed by atoms with E-state index < -0.39 is 0 Å². The number of amides is 1. The average molecular weight is 431 g/mol. The number of hydrogen-bond donors (Lipinski definition) is 2. The summed E-state index contributed by atoms with van der Waals surface area (Å²) < 4.78 is 7.95. The van der Waals surface area contributed by atoms with E-state index in [2.05, 4.69) is 39.6 Å². The fourth-order valence-electron chi connectivity index (χ4n) is 3.52. The minimum absolute atomic E-state index is 0.264. The Morgan fingerprint density at radius 3 is 2.59 bits per heavy atom. The molecule has 32 heavy (non-hydrogen) atoms. The van der Waals surface area contributed by atoms with Gasteiger partial charge >= 0.3 is 0 Å². The lowest BCUT2D eigenvalue weighted by Crippen LogP contribution is -2.18. The second kappa shape index (κ2) is 8.58. The summed E-state index contributed by atoms with van der Waals surface area (Å²) in [5.41, 5.74) is 5.40. The number of nitrogens with zero attached hydrogens (tertiary/aromatic N) is 4. The fourth-order valence-corrected chi connectivity index (χ4v) is 3.52. The Bertz CT molecular complexity index is 1300. The average Bonchev–Trinajstić information content (AvgIpc) is 3.09. The maximum atomic E-state index is 11.8. The number of carbonyl (C=O) groups excluding carboxylic acids is 1. The van der Waals surface area contributed by atoms with Gasteiger partial charge in [-0.1, -0.05) is 6.07 Å². The number of nitrogens with one attached hydrogen (secondary N) is 2. The first-order valence-corrected chi connectivity index (χ1v) is 10.2. The minimum Gasteiger partial charge on any atom is -0.457 e. The van der Waals surface area contributed by atoms with Crippen molar-refractivity contribution < 1.29 is 9.53 Å². The molecule has 0 aliphatic heterocycles. The predicted molar refractivity (Wildman–Crippen MR) is 127 cm³/mol. The number of ether oxygens (including phenoxy) is 1. The van der Waals surface area contributed by atoms with Crippen molar-refractivity contribution in [2.45, 2.75) is 6.92 Å². The summed E-state index contributed by atoms with van der Waals surface area (Å²) in [5.74, 6) is 1.63. The van der Waals surface area contributed by atoms with E-state index in [0.717, 1.165) is 28.4 Å². The maximum absolute atomic E-state index is 11.8. The van der Waals surface area contributed by atoms with Crippen molar-refractivity contribution in [3.05, 3.63) is 66.0 Å². The molecular formula is C24H26N6O2. The van der Waals surface area contributed by atoms with Gasteiger partial charge in [-0.25, -0.2) is 4.98 Å². The number of aromatic nitrogens is 3. The molecule has 2 heterocycles. The Hall–Kier alpha value is -4.07. The van der Waals surface area contributed by atoms with Crippen molar-refractivity contribution in [2.24, 2.45) is 7.05 Å². The maximum Gasteiger partial charge on any atom is 0.269 e. The Balaban J connectivity index is 1.60. The van der Waals surface area contributed by atoms with E-state index in [1.54, 1.807) is 25.4 Å². The number of imidazole rings is 1. The fraction of sp³-hybridized carbons (Fsp3) is 0.208. The zero-order valence-electron chi connectivity index (χ0n) is 18.8. The molecule has 0 saturated carbocycles. The molecule has 4 rings (SSSR count). The predicted octanol–water partition coefficient (Wildman–Crippen LogP) is 4.24. The van der Waals surface area contributed by atoms with Crippen LogP contribution in [0, 0.1) is 6.92 Å². The van der Waals surface area contributed by atoms with E-state index in [1.165, 1.54) is 5.56 Å². The van der Waals surface area contributed by atoms with Crippen LogP contribution in [0.2, 0.25) is 0 Å². The Morgan fingerprint density at radius 2 is 1.84 bits per heavy atom. The van der Waals surface area contributed by atoms with Crippen LogP contribution in [0.15, 0.2) is 54.7 Å². The van der Waals surface area contributed by atoms with Crippen LogP contribution in [0.3, 0.4) is 0 Å². The molecule has 8 heteroatoms. The lowest BCUT2D eigenvalue weighted by atomic mass is 10.1. The highest BCUT2D eigenvalue weighted by Crippen LogP contribution is 2.29. The van der Waals surface area contributed by atoms with Gasteiger partial charge in [0.15, 0.2) is 0 Å². The first-order chi connectivity index (χ1) is 15.4.